The van der Waals surface area contributed by atoms with Crippen LogP contribution in [0.2, 0.25) is 0 Å². The summed E-state index contributed by atoms with van der Waals surface area (Å²) in [6, 6.07) is 10.5. The molecule has 2 aliphatic rings. The SMILES string of the molecule is COC(=O)c1ccc2c(c1)/C=C\CCCCCCCO[C@H]1CCN(Cc3c(OC)cc(C)c4[nH]ccc34)[C@H]2C1. The summed E-state index contributed by atoms with van der Waals surface area (Å²) < 4.78 is 17.4. The first-order valence-electron chi connectivity index (χ1n) is 14.5. The average molecular weight is 531 g/mol. The van der Waals surface area contributed by atoms with Crippen LogP contribution in [0.1, 0.15) is 90.0 Å². The zero-order valence-corrected chi connectivity index (χ0v) is 23.6. The molecule has 5 rings (SSSR count). The highest BCUT2D eigenvalue weighted by molar-refractivity contribution is 5.90. The van der Waals surface area contributed by atoms with E-state index < -0.39 is 0 Å². The molecule has 6 nitrogen and oxygen atoms in total. The Bertz CT molecular complexity index is 1310. The zero-order chi connectivity index (χ0) is 27.2. The summed E-state index contributed by atoms with van der Waals surface area (Å²) in [6.07, 6.45) is 15.7. The van der Waals surface area contributed by atoms with E-state index in [1.807, 2.05) is 18.3 Å². The van der Waals surface area contributed by atoms with Gasteiger partial charge in [-0.15, -0.1) is 0 Å². The number of H-pyrrole nitrogens is 1. The maximum absolute atomic E-state index is 12.4. The van der Waals surface area contributed by atoms with E-state index in [4.69, 9.17) is 14.2 Å². The molecule has 0 radical (unpaired) electrons. The Kier molecular flexibility index (Phi) is 9.05. The summed E-state index contributed by atoms with van der Waals surface area (Å²) >= 11 is 0. The van der Waals surface area contributed by atoms with Crippen LogP contribution in [0.3, 0.4) is 0 Å². The number of fused-ring (bicyclic) bond motifs is 5. The van der Waals surface area contributed by atoms with E-state index in [0.717, 1.165) is 62.2 Å². The summed E-state index contributed by atoms with van der Waals surface area (Å²) in [5, 5.41) is 1.21. The molecule has 6 heteroatoms. The standard InChI is InChI=1S/C33H42N2O4/c1-23-19-31(37-2)29(28-14-16-34-32(23)28)22-35-17-15-26-21-30(35)27-13-12-25(33(36)38-3)20-24(27)11-9-7-5-4-6-8-10-18-39-26/h9,11-14,16,19-20,26,30,34H,4-8,10,15,17-18,21-22H2,1-3H3/b11-9-/t26-,30-/m0/s1. The molecule has 2 bridgehead atoms. The third-order valence-electron chi connectivity index (χ3n) is 8.39. The molecule has 0 amide bonds. The quantitative estimate of drug-likeness (QED) is 0.357. The van der Waals surface area contributed by atoms with Crippen LogP contribution in [-0.2, 0) is 16.0 Å². The Morgan fingerprint density at radius 1 is 1.10 bits per heavy atom. The molecule has 2 atom stereocenters. The van der Waals surface area contributed by atoms with Gasteiger partial charge >= 0.3 is 5.97 Å². The summed E-state index contributed by atoms with van der Waals surface area (Å²) in [4.78, 5) is 18.4. The highest BCUT2D eigenvalue weighted by Crippen LogP contribution is 2.39. The highest BCUT2D eigenvalue weighted by Gasteiger charge is 2.32. The molecule has 39 heavy (non-hydrogen) atoms. The van der Waals surface area contributed by atoms with Crippen molar-refractivity contribution in [3.8, 4) is 5.75 Å². The number of hydrogen-bond acceptors (Lipinski definition) is 5. The van der Waals surface area contributed by atoms with Gasteiger partial charge < -0.3 is 19.2 Å². The number of allylic oxidation sites excluding steroid dienone is 1. The monoisotopic (exact) mass is 530 g/mol. The van der Waals surface area contributed by atoms with E-state index in [0.29, 0.717) is 5.56 Å². The van der Waals surface area contributed by atoms with Gasteiger partial charge in [0.2, 0.25) is 0 Å². The lowest BCUT2D eigenvalue weighted by molar-refractivity contribution is -0.0202. The number of hydrogen-bond donors (Lipinski definition) is 1. The third kappa shape index (κ3) is 6.23. The third-order valence-corrected chi connectivity index (χ3v) is 8.39. The van der Waals surface area contributed by atoms with Crippen LogP contribution in [0.25, 0.3) is 17.0 Å². The van der Waals surface area contributed by atoms with Gasteiger partial charge in [0, 0.05) is 48.4 Å². The maximum atomic E-state index is 12.4. The van der Waals surface area contributed by atoms with E-state index in [-0.39, 0.29) is 18.1 Å². The summed E-state index contributed by atoms with van der Waals surface area (Å²) in [7, 11) is 3.20. The number of aromatic amines is 1. The van der Waals surface area contributed by atoms with Crippen molar-refractivity contribution in [3.05, 3.63) is 70.4 Å². The fourth-order valence-corrected chi connectivity index (χ4v) is 6.25. The Hall–Kier alpha value is -3.09. The number of benzene rings is 2. The summed E-state index contributed by atoms with van der Waals surface area (Å²) in [5.41, 5.74) is 6.46. The number of aryl methyl sites for hydroxylation is 1. The van der Waals surface area contributed by atoms with Crippen molar-refractivity contribution >= 4 is 22.9 Å². The van der Waals surface area contributed by atoms with Crippen LogP contribution in [0.4, 0.5) is 0 Å². The van der Waals surface area contributed by atoms with Crippen molar-refractivity contribution in [2.45, 2.75) is 77.0 Å². The molecular formula is C33H42N2O4. The molecule has 1 aromatic heterocycles. The second kappa shape index (κ2) is 12.8. The van der Waals surface area contributed by atoms with Gasteiger partial charge in [0.05, 0.1) is 25.9 Å². The van der Waals surface area contributed by atoms with Gasteiger partial charge in [0.15, 0.2) is 0 Å². The van der Waals surface area contributed by atoms with Gasteiger partial charge in [-0.3, -0.25) is 4.90 Å². The zero-order valence-electron chi connectivity index (χ0n) is 23.6. The minimum Gasteiger partial charge on any atom is -0.496 e. The first-order chi connectivity index (χ1) is 19.1. The minimum absolute atomic E-state index is 0.153. The molecule has 0 saturated carbocycles. The lowest BCUT2D eigenvalue weighted by Gasteiger charge is -2.40. The number of carbonyl (C=O) groups excluding carboxylic acids is 1. The molecular weight excluding hydrogens is 488 g/mol. The van der Waals surface area contributed by atoms with Crippen LogP contribution in [0.15, 0.2) is 42.6 Å². The second-order valence-corrected chi connectivity index (χ2v) is 10.9. The topological polar surface area (TPSA) is 63.8 Å². The number of nitrogens with one attached hydrogen (secondary N) is 1. The van der Waals surface area contributed by atoms with Crippen molar-refractivity contribution in [1.29, 1.82) is 0 Å². The molecule has 1 fully saturated rings. The Morgan fingerprint density at radius 2 is 1.95 bits per heavy atom. The molecule has 2 aromatic carbocycles. The van der Waals surface area contributed by atoms with Gasteiger partial charge in [-0.05, 0) is 80.0 Å². The number of esters is 1. The number of aromatic nitrogens is 1. The minimum atomic E-state index is -0.303. The van der Waals surface area contributed by atoms with Gasteiger partial charge in [-0.25, -0.2) is 4.79 Å². The summed E-state index contributed by atoms with van der Waals surface area (Å²) in [5.74, 6) is 0.624. The first kappa shape index (κ1) is 27.5. The number of ether oxygens (including phenoxy) is 3. The predicted octanol–water partition coefficient (Wildman–Crippen LogP) is 7.36. The van der Waals surface area contributed by atoms with Gasteiger partial charge in [0.1, 0.15) is 5.75 Å². The largest absolute Gasteiger partial charge is 0.496 e. The molecule has 3 aromatic rings. The van der Waals surface area contributed by atoms with E-state index in [1.165, 1.54) is 54.9 Å². The number of carbonyl (C=O) groups is 1. The van der Waals surface area contributed by atoms with E-state index >= 15 is 0 Å². The molecule has 1 N–H and O–H groups in total. The normalized spacial score (nSPS) is 21.9. The molecule has 0 spiro atoms. The number of piperidine rings is 1. The van der Waals surface area contributed by atoms with Crippen LogP contribution in [0, 0.1) is 6.92 Å². The maximum Gasteiger partial charge on any atom is 0.337 e. The van der Waals surface area contributed by atoms with Crippen molar-refractivity contribution in [3.63, 3.8) is 0 Å². The first-order valence-corrected chi connectivity index (χ1v) is 14.5. The molecule has 2 aliphatic heterocycles. The van der Waals surface area contributed by atoms with E-state index in [1.54, 1.807) is 7.11 Å². The lowest BCUT2D eigenvalue weighted by Crippen LogP contribution is -2.40. The van der Waals surface area contributed by atoms with Gasteiger partial charge in [0.25, 0.3) is 0 Å². The number of likely N-dealkylation sites (tertiary alicyclic amines) is 1. The Balaban J connectivity index is 1.55. The van der Waals surface area contributed by atoms with Crippen LogP contribution in [-0.4, -0.2) is 49.3 Å². The van der Waals surface area contributed by atoms with Crippen molar-refractivity contribution in [1.82, 2.24) is 9.88 Å². The second-order valence-electron chi connectivity index (χ2n) is 10.9. The number of methoxy groups -OCH3 is 2. The molecule has 0 unspecified atom stereocenters. The van der Waals surface area contributed by atoms with E-state index in [9.17, 15) is 4.79 Å². The van der Waals surface area contributed by atoms with Crippen molar-refractivity contribution < 1.29 is 19.0 Å². The Morgan fingerprint density at radius 3 is 2.79 bits per heavy atom. The Labute approximate surface area is 232 Å². The average Bonchev–Trinajstić information content (AvgIpc) is 3.46. The molecule has 208 valence electrons. The van der Waals surface area contributed by atoms with Gasteiger partial charge in [-0.1, -0.05) is 37.5 Å². The van der Waals surface area contributed by atoms with Crippen molar-refractivity contribution in [2.75, 3.05) is 27.4 Å². The van der Waals surface area contributed by atoms with Crippen LogP contribution < -0.4 is 4.74 Å². The predicted molar refractivity (Wildman–Crippen MR) is 156 cm³/mol. The molecule has 3 heterocycles. The lowest BCUT2D eigenvalue weighted by atomic mass is 9.88. The smallest absolute Gasteiger partial charge is 0.337 e. The van der Waals surface area contributed by atoms with Crippen LogP contribution >= 0.6 is 0 Å². The molecule has 1 saturated heterocycles. The van der Waals surface area contributed by atoms with Gasteiger partial charge in [-0.2, -0.15) is 0 Å². The van der Waals surface area contributed by atoms with E-state index in [2.05, 4.69) is 47.2 Å². The fraction of sp³-hybridized carbons (Fsp3) is 0.485. The summed E-state index contributed by atoms with van der Waals surface area (Å²) in [6.45, 7) is 4.66. The van der Waals surface area contributed by atoms with Crippen LogP contribution in [0.5, 0.6) is 5.75 Å². The molecule has 0 aliphatic carbocycles. The fourth-order valence-electron chi connectivity index (χ4n) is 6.25. The number of nitrogens with zero attached hydrogens (tertiary/aromatic N) is 1. The number of rotatable bonds is 4. The van der Waals surface area contributed by atoms with Crippen molar-refractivity contribution in [2.24, 2.45) is 0 Å². The highest BCUT2D eigenvalue weighted by atomic mass is 16.5.